The Morgan fingerprint density at radius 2 is 2.12 bits per heavy atom. The van der Waals surface area contributed by atoms with Crippen molar-refractivity contribution < 1.29 is 0 Å². The summed E-state index contributed by atoms with van der Waals surface area (Å²) in [7, 11) is 0. The lowest BCUT2D eigenvalue weighted by molar-refractivity contribution is 0.278. The maximum absolute atomic E-state index is 3.84. The highest BCUT2D eigenvalue weighted by atomic mass is 127. The molecule has 2 heteroatoms. The fourth-order valence-corrected chi connectivity index (χ4v) is 2.54. The number of hydrogen-bond acceptors (Lipinski definition) is 1. The first-order valence-electron chi connectivity index (χ1n) is 5.54. The maximum atomic E-state index is 3.84. The van der Waals surface area contributed by atoms with Crippen LogP contribution in [0, 0.1) is 0 Å². The third-order valence-electron chi connectivity index (χ3n) is 3.02. The lowest BCUT2D eigenvalue weighted by Gasteiger charge is -2.28. The molecule has 0 unspecified atom stereocenters. The van der Waals surface area contributed by atoms with Gasteiger partial charge in [-0.05, 0) is 27.2 Å². The Balaban J connectivity index is 2.05. The van der Waals surface area contributed by atoms with Crippen LogP contribution in [-0.4, -0.2) is 18.0 Å². The molecule has 1 heterocycles. The number of benzene rings is 1. The monoisotopic (exact) mass is 325 g/mol. The minimum Gasteiger partial charge on any atom is -0.294 e. The number of halogens is 1. The smallest absolute Gasteiger partial charge is 0.0241 e. The van der Waals surface area contributed by atoms with E-state index in [9.17, 15) is 0 Å². The summed E-state index contributed by atoms with van der Waals surface area (Å²) in [6.45, 7) is 7.08. The first-order chi connectivity index (χ1) is 7.83. The molecule has 16 heavy (non-hydrogen) atoms. The summed E-state index contributed by atoms with van der Waals surface area (Å²) < 4.78 is 2.12. The second-order valence-electron chi connectivity index (χ2n) is 4.12. The van der Waals surface area contributed by atoms with Crippen LogP contribution >= 0.6 is 22.6 Å². The molecule has 0 atom stereocenters. The predicted molar refractivity (Wildman–Crippen MR) is 77.7 cm³/mol. The number of rotatable bonds is 3. The van der Waals surface area contributed by atoms with E-state index < -0.39 is 0 Å². The quantitative estimate of drug-likeness (QED) is 0.607. The van der Waals surface area contributed by atoms with Crippen LogP contribution in [0.1, 0.15) is 11.1 Å². The SMILES string of the molecule is C=C/C(=C\I)CN1CCc2ccccc2C1. The lowest BCUT2D eigenvalue weighted by Crippen LogP contribution is -2.31. The van der Waals surface area contributed by atoms with Crippen LogP contribution in [-0.2, 0) is 13.0 Å². The summed E-state index contributed by atoms with van der Waals surface area (Å²) in [6.07, 6.45) is 3.12. The van der Waals surface area contributed by atoms with Crippen molar-refractivity contribution in [3.63, 3.8) is 0 Å². The molecule has 0 saturated heterocycles. The first-order valence-corrected chi connectivity index (χ1v) is 6.79. The van der Waals surface area contributed by atoms with Gasteiger partial charge in [0.1, 0.15) is 0 Å². The zero-order valence-corrected chi connectivity index (χ0v) is 11.5. The Bertz CT molecular complexity index is 409. The Morgan fingerprint density at radius 3 is 2.81 bits per heavy atom. The van der Waals surface area contributed by atoms with Gasteiger partial charge >= 0.3 is 0 Å². The van der Waals surface area contributed by atoms with E-state index in [0.29, 0.717) is 0 Å². The molecule has 0 spiro atoms. The van der Waals surface area contributed by atoms with E-state index in [1.54, 1.807) is 0 Å². The molecule has 1 aromatic carbocycles. The van der Waals surface area contributed by atoms with Gasteiger partial charge in [-0.2, -0.15) is 0 Å². The molecular weight excluding hydrogens is 309 g/mol. The van der Waals surface area contributed by atoms with Gasteiger partial charge in [-0.3, -0.25) is 4.90 Å². The molecular formula is C14H16IN. The summed E-state index contributed by atoms with van der Waals surface area (Å²) in [5.74, 6) is 0. The normalized spacial score (nSPS) is 16.9. The molecule has 1 aliphatic heterocycles. The fourth-order valence-electron chi connectivity index (χ4n) is 2.09. The molecule has 1 aliphatic rings. The molecule has 0 radical (unpaired) electrons. The zero-order chi connectivity index (χ0) is 11.4. The summed E-state index contributed by atoms with van der Waals surface area (Å²) in [5, 5.41) is 0. The lowest BCUT2D eigenvalue weighted by atomic mass is 10.00. The van der Waals surface area contributed by atoms with Gasteiger partial charge in [0.05, 0.1) is 0 Å². The van der Waals surface area contributed by atoms with Gasteiger partial charge < -0.3 is 0 Å². The van der Waals surface area contributed by atoms with Crippen LogP contribution < -0.4 is 0 Å². The average Bonchev–Trinajstić information content (AvgIpc) is 2.35. The third-order valence-corrected chi connectivity index (χ3v) is 3.82. The highest BCUT2D eigenvalue weighted by Gasteiger charge is 2.15. The van der Waals surface area contributed by atoms with Gasteiger partial charge in [0.15, 0.2) is 0 Å². The average molecular weight is 325 g/mol. The number of hydrogen-bond donors (Lipinski definition) is 0. The standard InChI is InChI=1S/C14H16IN/c1-2-12(9-15)10-16-8-7-13-5-3-4-6-14(13)11-16/h2-6,9H,1,7-8,10-11H2/b12-9+. The van der Waals surface area contributed by atoms with E-state index in [1.165, 1.54) is 23.1 Å². The van der Waals surface area contributed by atoms with E-state index in [4.69, 9.17) is 0 Å². The number of nitrogens with zero attached hydrogens (tertiary/aromatic N) is 1. The minimum atomic E-state index is 1.01. The Labute approximate surface area is 111 Å². The van der Waals surface area contributed by atoms with Crippen molar-refractivity contribution in [1.29, 1.82) is 0 Å². The molecule has 1 nitrogen and oxygen atoms in total. The topological polar surface area (TPSA) is 3.24 Å². The summed E-state index contributed by atoms with van der Waals surface area (Å²) in [5.41, 5.74) is 4.29. The van der Waals surface area contributed by atoms with Crippen molar-refractivity contribution in [3.8, 4) is 0 Å². The fraction of sp³-hybridized carbons (Fsp3) is 0.286. The van der Waals surface area contributed by atoms with Gasteiger partial charge in [-0.25, -0.2) is 0 Å². The van der Waals surface area contributed by atoms with Crippen LogP contribution in [0.25, 0.3) is 0 Å². The molecule has 0 aliphatic carbocycles. The molecule has 2 rings (SSSR count). The molecule has 0 saturated carbocycles. The van der Waals surface area contributed by atoms with Crippen LogP contribution in [0.5, 0.6) is 0 Å². The van der Waals surface area contributed by atoms with Crippen molar-refractivity contribution >= 4 is 22.6 Å². The third kappa shape index (κ3) is 2.74. The molecule has 0 amide bonds. The van der Waals surface area contributed by atoms with Gasteiger partial charge in [0.2, 0.25) is 0 Å². The summed E-state index contributed by atoms with van der Waals surface area (Å²) in [6, 6.07) is 8.75. The van der Waals surface area contributed by atoms with Gasteiger partial charge in [0.25, 0.3) is 0 Å². The van der Waals surface area contributed by atoms with E-state index in [1.807, 2.05) is 6.08 Å². The van der Waals surface area contributed by atoms with Gasteiger partial charge in [-0.15, -0.1) is 0 Å². The molecule has 0 N–H and O–H groups in total. The number of fused-ring (bicyclic) bond motifs is 1. The van der Waals surface area contributed by atoms with E-state index >= 15 is 0 Å². The van der Waals surface area contributed by atoms with Crippen molar-refractivity contribution in [1.82, 2.24) is 4.90 Å². The van der Waals surface area contributed by atoms with E-state index in [2.05, 4.69) is 62.4 Å². The zero-order valence-electron chi connectivity index (χ0n) is 9.32. The first kappa shape index (κ1) is 11.9. The maximum Gasteiger partial charge on any atom is 0.0241 e. The highest BCUT2D eigenvalue weighted by molar-refractivity contribution is 14.1. The molecule has 1 aromatic rings. The molecule has 0 aromatic heterocycles. The van der Waals surface area contributed by atoms with E-state index in [0.717, 1.165) is 19.6 Å². The Kier molecular flexibility index (Phi) is 4.18. The molecule has 84 valence electrons. The second kappa shape index (κ2) is 5.64. The van der Waals surface area contributed by atoms with Crippen LogP contribution in [0.4, 0.5) is 0 Å². The van der Waals surface area contributed by atoms with Crippen molar-refractivity contribution in [2.75, 3.05) is 13.1 Å². The van der Waals surface area contributed by atoms with Crippen LogP contribution in [0.3, 0.4) is 0 Å². The largest absolute Gasteiger partial charge is 0.294 e. The van der Waals surface area contributed by atoms with Crippen molar-refractivity contribution in [3.05, 3.63) is 57.7 Å². The minimum absolute atomic E-state index is 1.01. The van der Waals surface area contributed by atoms with Gasteiger partial charge in [0, 0.05) is 19.6 Å². The molecule has 0 bridgehead atoms. The second-order valence-corrected chi connectivity index (χ2v) is 4.74. The van der Waals surface area contributed by atoms with Crippen LogP contribution in [0.15, 0.2) is 46.6 Å². The van der Waals surface area contributed by atoms with Crippen molar-refractivity contribution in [2.45, 2.75) is 13.0 Å². The highest BCUT2D eigenvalue weighted by Crippen LogP contribution is 2.19. The van der Waals surface area contributed by atoms with E-state index in [-0.39, 0.29) is 0 Å². The summed E-state index contributed by atoms with van der Waals surface area (Å²) >= 11 is 2.29. The van der Waals surface area contributed by atoms with Gasteiger partial charge in [-0.1, -0.05) is 59.5 Å². The van der Waals surface area contributed by atoms with Crippen molar-refractivity contribution in [2.24, 2.45) is 0 Å². The van der Waals surface area contributed by atoms with Crippen LogP contribution in [0.2, 0.25) is 0 Å². The Morgan fingerprint density at radius 1 is 1.38 bits per heavy atom. The Hall–Kier alpha value is -0.610. The predicted octanol–water partition coefficient (Wildman–Crippen LogP) is 3.55. The summed E-state index contributed by atoms with van der Waals surface area (Å²) in [4.78, 5) is 2.48. The molecule has 0 fully saturated rings.